The number of hydrogen-bond donors (Lipinski definition) is 0. The van der Waals surface area contributed by atoms with E-state index in [1.54, 1.807) is 0 Å². The van der Waals surface area contributed by atoms with Crippen molar-refractivity contribution in [3.8, 4) is 0 Å². The summed E-state index contributed by atoms with van der Waals surface area (Å²) < 4.78 is 0. The van der Waals surface area contributed by atoms with Crippen molar-refractivity contribution >= 4 is 5.57 Å². The van der Waals surface area contributed by atoms with Crippen molar-refractivity contribution in [3.63, 3.8) is 0 Å². The molecule has 0 N–H and O–H groups in total. The minimum atomic E-state index is 0.398. The van der Waals surface area contributed by atoms with Crippen molar-refractivity contribution in [2.45, 2.75) is 26.2 Å². The van der Waals surface area contributed by atoms with Gasteiger partial charge in [0, 0.05) is 0 Å². The minimum absolute atomic E-state index is 0.398. The van der Waals surface area contributed by atoms with E-state index < -0.39 is 0 Å². The topological polar surface area (TPSA) is 0 Å². The zero-order valence-corrected chi connectivity index (χ0v) is 9.09. The third-order valence-corrected chi connectivity index (χ3v) is 2.61. The molecule has 1 aromatic carbocycles. The number of benzene rings is 1. The average Bonchev–Trinajstić information content (AvgIpc) is 2.27. The standard InChI is InChI=1S/C14H18/c1-5-11(3)13-9-7-8-10-14(13)12(4)6-2/h5,7-11H,1,4,6H2,2-3H3. The fraction of sp³-hybridized carbons (Fsp3) is 0.286. The Morgan fingerprint density at radius 1 is 1.43 bits per heavy atom. The third kappa shape index (κ3) is 2.14. The zero-order valence-electron chi connectivity index (χ0n) is 9.09. The molecular formula is C14H18. The van der Waals surface area contributed by atoms with E-state index in [-0.39, 0.29) is 0 Å². The molecule has 1 rings (SSSR count). The molecule has 0 aliphatic heterocycles. The first-order chi connectivity index (χ1) is 6.70. The van der Waals surface area contributed by atoms with Crippen LogP contribution in [0.2, 0.25) is 0 Å². The Kier molecular flexibility index (Phi) is 3.70. The summed E-state index contributed by atoms with van der Waals surface area (Å²) in [5.41, 5.74) is 3.81. The summed E-state index contributed by atoms with van der Waals surface area (Å²) >= 11 is 0. The second-order valence-electron chi connectivity index (χ2n) is 3.57. The van der Waals surface area contributed by atoms with Crippen molar-refractivity contribution in [2.75, 3.05) is 0 Å². The van der Waals surface area contributed by atoms with Crippen LogP contribution in [0.3, 0.4) is 0 Å². The second-order valence-corrected chi connectivity index (χ2v) is 3.57. The monoisotopic (exact) mass is 186 g/mol. The smallest absolute Gasteiger partial charge is 0.000709 e. The number of allylic oxidation sites excluding steroid dienone is 2. The van der Waals surface area contributed by atoms with Crippen molar-refractivity contribution in [1.82, 2.24) is 0 Å². The summed E-state index contributed by atoms with van der Waals surface area (Å²) in [6.45, 7) is 12.2. The molecule has 0 radical (unpaired) electrons. The molecule has 0 aliphatic rings. The van der Waals surface area contributed by atoms with Crippen LogP contribution < -0.4 is 0 Å². The molecule has 0 heterocycles. The van der Waals surface area contributed by atoms with Crippen LogP contribution in [0.4, 0.5) is 0 Å². The molecule has 0 bridgehead atoms. The fourth-order valence-corrected chi connectivity index (χ4v) is 1.53. The van der Waals surface area contributed by atoms with Crippen LogP contribution >= 0.6 is 0 Å². The lowest BCUT2D eigenvalue weighted by Crippen LogP contribution is -1.95. The van der Waals surface area contributed by atoms with E-state index in [2.05, 4.69) is 51.3 Å². The molecule has 0 aliphatic carbocycles. The molecule has 14 heavy (non-hydrogen) atoms. The maximum Gasteiger partial charge on any atom is -0.000709 e. The lowest BCUT2D eigenvalue weighted by Gasteiger charge is -2.13. The molecule has 0 spiro atoms. The zero-order chi connectivity index (χ0) is 10.6. The summed E-state index contributed by atoms with van der Waals surface area (Å²) in [5, 5.41) is 0. The van der Waals surface area contributed by atoms with Gasteiger partial charge in [-0.25, -0.2) is 0 Å². The van der Waals surface area contributed by atoms with Gasteiger partial charge >= 0.3 is 0 Å². The molecule has 0 aromatic heterocycles. The summed E-state index contributed by atoms with van der Waals surface area (Å²) in [7, 11) is 0. The van der Waals surface area contributed by atoms with Gasteiger partial charge in [-0.05, 0) is 29.0 Å². The molecule has 0 saturated heterocycles. The average molecular weight is 186 g/mol. The molecule has 0 nitrogen and oxygen atoms in total. The second kappa shape index (κ2) is 4.80. The van der Waals surface area contributed by atoms with Crippen LogP contribution in [-0.2, 0) is 0 Å². The highest BCUT2D eigenvalue weighted by atomic mass is 14.1. The Morgan fingerprint density at radius 3 is 2.64 bits per heavy atom. The molecule has 1 aromatic rings. The molecule has 0 amide bonds. The quantitative estimate of drug-likeness (QED) is 0.611. The predicted molar refractivity (Wildman–Crippen MR) is 64.4 cm³/mol. The van der Waals surface area contributed by atoms with Gasteiger partial charge in [-0.15, -0.1) is 6.58 Å². The van der Waals surface area contributed by atoms with Crippen molar-refractivity contribution < 1.29 is 0 Å². The van der Waals surface area contributed by atoms with Gasteiger partial charge in [0.05, 0.1) is 0 Å². The van der Waals surface area contributed by atoms with E-state index in [9.17, 15) is 0 Å². The normalized spacial score (nSPS) is 12.1. The van der Waals surface area contributed by atoms with Crippen LogP contribution in [0, 0.1) is 0 Å². The molecule has 1 atom stereocenters. The van der Waals surface area contributed by atoms with E-state index in [0.717, 1.165) is 6.42 Å². The summed E-state index contributed by atoms with van der Waals surface area (Å²) in [5.74, 6) is 0.398. The summed E-state index contributed by atoms with van der Waals surface area (Å²) in [6, 6.07) is 8.43. The molecule has 1 unspecified atom stereocenters. The Morgan fingerprint density at radius 2 is 2.07 bits per heavy atom. The maximum absolute atomic E-state index is 4.09. The SMILES string of the molecule is C=CC(C)c1ccccc1C(=C)CC. The van der Waals surface area contributed by atoms with Gasteiger partial charge in [0.15, 0.2) is 0 Å². The summed E-state index contributed by atoms with van der Waals surface area (Å²) in [6.07, 6.45) is 2.97. The first-order valence-corrected chi connectivity index (χ1v) is 5.10. The van der Waals surface area contributed by atoms with Gasteiger partial charge in [0.25, 0.3) is 0 Å². The van der Waals surface area contributed by atoms with Gasteiger partial charge in [-0.2, -0.15) is 0 Å². The Balaban J connectivity index is 3.15. The van der Waals surface area contributed by atoms with Gasteiger partial charge in [-0.1, -0.05) is 50.8 Å². The van der Waals surface area contributed by atoms with Crippen molar-refractivity contribution in [2.24, 2.45) is 0 Å². The third-order valence-electron chi connectivity index (χ3n) is 2.61. The first-order valence-electron chi connectivity index (χ1n) is 5.10. The molecule has 0 heteroatoms. The van der Waals surface area contributed by atoms with Crippen LogP contribution in [0.25, 0.3) is 5.57 Å². The van der Waals surface area contributed by atoms with Crippen LogP contribution in [0.1, 0.15) is 37.3 Å². The van der Waals surface area contributed by atoms with Crippen molar-refractivity contribution in [1.29, 1.82) is 0 Å². The Hall–Kier alpha value is -1.30. The lowest BCUT2D eigenvalue weighted by molar-refractivity contribution is 0.962. The van der Waals surface area contributed by atoms with Gasteiger partial charge < -0.3 is 0 Å². The van der Waals surface area contributed by atoms with Crippen LogP contribution in [0.15, 0.2) is 43.5 Å². The fourth-order valence-electron chi connectivity index (χ4n) is 1.53. The Labute approximate surface area is 87.0 Å². The van der Waals surface area contributed by atoms with Crippen molar-refractivity contribution in [3.05, 3.63) is 54.6 Å². The van der Waals surface area contributed by atoms with Gasteiger partial charge in [0.1, 0.15) is 0 Å². The molecule has 0 saturated carbocycles. The molecule has 74 valence electrons. The van der Waals surface area contributed by atoms with E-state index in [1.165, 1.54) is 16.7 Å². The lowest BCUT2D eigenvalue weighted by atomic mass is 9.91. The van der Waals surface area contributed by atoms with E-state index >= 15 is 0 Å². The molecular weight excluding hydrogens is 168 g/mol. The largest absolute Gasteiger partial charge is 0.102 e. The highest BCUT2D eigenvalue weighted by Crippen LogP contribution is 2.26. The first kappa shape index (κ1) is 10.8. The predicted octanol–water partition coefficient (Wildman–Crippen LogP) is 4.40. The van der Waals surface area contributed by atoms with Crippen LogP contribution in [0.5, 0.6) is 0 Å². The summed E-state index contributed by atoms with van der Waals surface area (Å²) in [4.78, 5) is 0. The van der Waals surface area contributed by atoms with E-state index in [0.29, 0.717) is 5.92 Å². The van der Waals surface area contributed by atoms with E-state index in [1.807, 2.05) is 6.08 Å². The minimum Gasteiger partial charge on any atom is -0.102 e. The number of rotatable bonds is 4. The maximum atomic E-state index is 4.09. The Bertz CT molecular complexity index is 334. The van der Waals surface area contributed by atoms with Gasteiger partial charge in [0.2, 0.25) is 0 Å². The van der Waals surface area contributed by atoms with Gasteiger partial charge in [-0.3, -0.25) is 0 Å². The molecule has 0 fully saturated rings. The van der Waals surface area contributed by atoms with E-state index in [4.69, 9.17) is 0 Å². The highest BCUT2D eigenvalue weighted by molar-refractivity contribution is 5.66. The van der Waals surface area contributed by atoms with Crippen LogP contribution in [-0.4, -0.2) is 0 Å². The highest BCUT2D eigenvalue weighted by Gasteiger charge is 2.07. The number of hydrogen-bond acceptors (Lipinski definition) is 0.